The minimum Gasteiger partial charge on any atom is -0.508 e. The van der Waals surface area contributed by atoms with Crippen LogP contribution >= 0.6 is 0 Å². The lowest BCUT2D eigenvalue weighted by Crippen LogP contribution is -2.23. The molecule has 26 heavy (non-hydrogen) atoms. The summed E-state index contributed by atoms with van der Waals surface area (Å²) < 4.78 is 17.8. The predicted octanol–water partition coefficient (Wildman–Crippen LogP) is 3.71. The second-order valence-electron chi connectivity index (χ2n) is 7.66. The van der Waals surface area contributed by atoms with Gasteiger partial charge in [0.25, 0.3) is 0 Å². The first-order valence-electron chi connectivity index (χ1n) is 8.92. The zero-order valence-corrected chi connectivity index (χ0v) is 15.3. The van der Waals surface area contributed by atoms with E-state index in [1.807, 2.05) is 18.2 Å². The molecule has 0 saturated heterocycles. The molecule has 0 spiro atoms. The Hall–Kier alpha value is -2.40. The Morgan fingerprint density at radius 3 is 2.69 bits per heavy atom. The van der Waals surface area contributed by atoms with Gasteiger partial charge in [-0.15, -0.1) is 0 Å². The summed E-state index contributed by atoms with van der Waals surface area (Å²) in [7, 11) is 1.65. The van der Waals surface area contributed by atoms with Crippen molar-refractivity contribution >= 4 is 0 Å². The first kappa shape index (κ1) is 17.0. The number of benzene rings is 2. The van der Waals surface area contributed by atoms with E-state index in [1.54, 1.807) is 33.1 Å². The lowest BCUT2D eigenvalue weighted by atomic mass is 9.88. The van der Waals surface area contributed by atoms with Crippen molar-refractivity contribution in [3.63, 3.8) is 0 Å². The highest BCUT2D eigenvalue weighted by molar-refractivity contribution is 5.57. The fraction of sp³-hybridized carbons (Fsp3) is 0.429. The normalized spacial score (nSPS) is 20.5. The van der Waals surface area contributed by atoms with Crippen molar-refractivity contribution in [3.05, 3.63) is 47.0 Å². The summed E-state index contributed by atoms with van der Waals surface area (Å²) in [6.07, 6.45) is 1.14. The molecule has 2 aromatic rings. The Kier molecular flexibility index (Phi) is 3.99. The van der Waals surface area contributed by atoms with Gasteiger partial charge >= 0.3 is 0 Å². The van der Waals surface area contributed by atoms with Gasteiger partial charge in [0.2, 0.25) is 0 Å². The average molecular weight is 356 g/mol. The zero-order valence-electron chi connectivity index (χ0n) is 15.3. The summed E-state index contributed by atoms with van der Waals surface area (Å²) in [5.74, 6) is 2.58. The van der Waals surface area contributed by atoms with Crippen molar-refractivity contribution in [3.8, 4) is 23.0 Å². The van der Waals surface area contributed by atoms with E-state index in [1.165, 1.54) is 0 Å². The number of aromatic hydroxyl groups is 1. The largest absolute Gasteiger partial charge is 0.508 e. The smallest absolute Gasteiger partial charge is 0.138 e. The van der Waals surface area contributed by atoms with Gasteiger partial charge in [0.1, 0.15) is 29.1 Å². The number of fused-ring (bicyclic) bond motifs is 5. The molecule has 2 atom stereocenters. The summed E-state index contributed by atoms with van der Waals surface area (Å²) in [6.45, 7) is 4.12. The lowest BCUT2D eigenvalue weighted by Gasteiger charge is -2.27. The Morgan fingerprint density at radius 1 is 1.19 bits per heavy atom. The maximum Gasteiger partial charge on any atom is 0.138 e. The number of hydrogen-bond donors (Lipinski definition) is 2. The molecule has 0 bridgehead atoms. The third-order valence-corrected chi connectivity index (χ3v) is 5.19. The van der Waals surface area contributed by atoms with E-state index in [4.69, 9.17) is 14.2 Å². The van der Waals surface area contributed by atoms with Crippen LogP contribution in [0.25, 0.3) is 0 Å². The van der Waals surface area contributed by atoms with Gasteiger partial charge in [-0.05, 0) is 44.9 Å². The maximum absolute atomic E-state index is 10.1. The van der Waals surface area contributed by atoms with Crippen LogP contribution < -0.4 is 14.2 Å². The van der Waals surface area contributed by atoms with Crippen molar-refractivity contribution in [1.82, 2.24) is 0 Å². The Labute approximate surface area is 153 Å². The van der Waals surface area contributed by atoms with E-state index in [0.717, 1.165) is 28.2 Å². The van der Waals surface area contributed by atoms with E-state index in [-0.39, 0.29) is 17.8 Å². The molecule has 2 aliphatic rings. The average Bonchev–Trinajstić information content (AvgIpc) is 2.97. The van der Waals surface area contributed by atoms with Gasteiger partial charge in [-0.1, -0.05) is 6.07 Å². The molecule has 0 fully saturated rings. The molecule has 2 unspecified atom stereocenters. The molecule has 0 amide bonds. The minimum atomic E-state index is -0.758. The van der Waals surface area contributed by atoms with Crippen LogP contribution in [0.1, 0.15) is 49.0 Å². The van der Waals surface area contributed by atoms with E-state index >= 15 is 0 Å². The molecule has 0 saturated carbocycles. The summed E-state index contributed by atoms with van der Waals surface area (Å²) >= 11 is 0. The SMILES string of the molecule is COc1ccc2c(c1CCC(C)(C)O)OC1c3ccc(O)cc3OCC21. The van der Waals surface area contributed by atoms with Crippen molar-refractivity contribution in [2.75, 3.05) is 13.7 Å². The molecule has 2 aliphatic heterocycles. The van der Waals surface area contributed by atoms with E-state index < -0.39 is 5.60 Å². The quantitative estimate of drug-likeness (QED) is 0.874. The molecule has 0 aromatic heterocycles. The second kappa shape index (κ2) is 6.09. The molecule has 138 valence electrons. The lowest BCUT2D eigenvalue weighted by molar-refractivity contribution is 0.0709. The van der Waals surface area contributed by atoms with Crippen LogP contribution in [0.3, 0.4) is 0 Å². The van der Waals surface area contributed by atoms with Gasteiger partial charge in [0.05, 0.1) is 25.2 Å². The monoisotopic (exact) mass is 356 g/mol. The third kappa shape index (κ3) is 2.86. The summed E-state index contributed by atoms with van der Waals surface area (Å²) in [5, 5.41) is 19.8. The van der Waals surface area contributed by atoms with E-state index in [9.17, 15) is 10.2 Å². The molecule has 0 aliphatic carbocycles. The van der Waals surface area contributed by atoms with Crippen molar-refractivity contribution in [2.24, 2.45) is 0 Å². The first-order valence-corrected chi connectivity index (χ1v) is 8.92. The van der Waals surface area contributed by atoms with Gasteiger partial charge in [-0.3, -0.25) is 0 Å². The van der Waals surface area contributed by atoms with E-state index in [0.29, 0.717) is 25.2 Å². The first-order chi connectivity index (χ1) is 12.4. The number of methoxy groups -OCH3 is 1. The number of phenolic OH excluding ortho intramolecular Hbond substituents is 1. The predicted molar refractivity (Wildman–Crippen MR) is 97.3 cm³/mol. The number of aliphatic hydroxyl groups is 1. The van der Waals surface area contributed by atoms with Crippen LogP contribution in [0, 0.1) is 0 Å². The minimum absolute atomic E-state index is 0.105. The molecule has 2 aromatic carbocycles. The highest BCUT2D eigenvalue weighted by atomic mass is 16.5. The molecule has 4 rings (SSSR count). The molecule has 5 nitrogen and oxygen atoms in total. The Bertz CT molecular complexity index is 837. The third-order valence-electron chi connectivity index (χ3n) is 5.19. The van der Waals surface area contributed by atoms with Crippen LogP contribution in [-0.2, 0) is 6.42 Å². The fourth-order valence-corrected chi connectivity index (χ4v) is 3.81. The molecular formula is C21H24O5. The molecule has 2 heterocycles. The highest BCUT2D eigenvalue weighted by Gasteiger charge is 2.42. The maximum atomic E-state index is 10.1. The van der Waals surface area contributed by atoms with E-state index in [2.05, 4.69) is 0 Å². The molecule has 5 heteroatoms. The van der Waals surface area contributed by atoms with Crippen molar-refractivity contribution in [2.45, 2.75) is 44.3 Å². The summed E-state index contributed by atoms with van der Waals surface area (Å²) in [6, 6.07) is 9.17. The van der Waals surface area contributed by atoms with Gasteiger partial charge in [0.15, 0.2) is 0 Å². The zero-order chi connectivity index (χ0) is 18.5. The van der Waals surface area contributed by atoms with Crippen LogP contribution in [-0.4, -0.2) is 29.5 Å². The number of rotatable bonds is 4. The standard InChI is InChI=1S/C21H24O5/c1-21(2,23)9-8-15-17(24-3)7-6-13-16-11-25-18-10-12(22)4-5-14(18)20(16)26-19(13)15/h4-7,10,16,20,22-23H,8-9,11H2,1-3H3. The number of ether oxygens (including phenoxy) is 3. The molecule has 2 N–H and O–H groups in total. The van der Waals surface area contributed by atoms with Gasteiger partial charge in [-0.25, -0.2) is 0 Å². The second-order valence-corrected chi connectivity index (χ2v) is 7.66. The number of hydrogen-bond acceptors (Lipinski definition) is 5. The van der Waals surface area contributed by atoms with Gasteiger partial charge < -0.3 is 24.4 Å². The Balaban J connectivity index is 1.73. The summed E-state index contributed by atoms with van der Waals surface area (Å²) in [5.41, 5.74) is 2.29. The summed E-state index contributed by atoms with van der Waals surface area (Å²) in [4.78, 5) is 0. The van der Waals surface area contributed by atoms with Crippen LogP contribution in [0.5, 0.6) is 23.0 Å². The molecule has 0 radical (unpaired) electrons. The van der Waals surface area contributed by atoms with Crippen LogP contribution in [0.15, 0.2) is 30.3 Å². The van der Waals surface area contributed by atoms with Crippen molar-refractivity contribution < 1.29 is 24.4 Å². The van der Waals surface area contributed by atoms with Crippen LogP contribution in [0.4, 0.5) is 0 Å². The molecular weight excluding hydrogens is 332 g/mol. The Morgan fingerprint density at radius 2 is 1.96 bits per heavy atom. The topological polar surface area (TPSA) is 68.2 Å². The van der Waals surface area contributed by atoms with Gasteiger partial charge in [0, 0.05) is 22.8 Å². The van der Waals surface area contributed by atoms with Crippen molar-refractivity contribution in [1.29, 1.82) is 0 Å². The fourth-order valence-electron chi connectivity index (χ4n) is 3.81. The van der Waals surface area contributed by atoms with Crippen LogP contribution in [0.2, 0.25) is 0 Å². The number of phenols is 1. The highest BCUT2D eigenvalue weighted by Crippen LogP contribution is 2.54. The van der Waals surface area contributed by atoms with Gasteiger partial charge in [-0.2, -0.15) is 0 Å².